The number of hydrogen-bond acceptors (Lipinski definition) is 13. The molecule has 0 unspecified atom stereocenters. The Morgan fingerprint density at radius 2 is 1.54 bits per heavy atom. The van der Waals surface area contributed by atoms with E-state index in [4.69, 9.17) is 24.8 Å². The molecule has 1 saturated heterocycles. The van der Waals surface area contributed by atoms with E-state index in [0.717, 1.165) is 0 Å². The highest BCUT2D eigenvalue weighted by Crippen LogP contribution is 2.28. The Bertz CT molecular complexity index is 1200. The second-order valence-corrected chi connectivity index (χ2v) is 8.85. The molecule has 4 rings (SSSR count). The third-order valence-corrected chi connectivity index (χ3v) is 6.12. The predicted octanol–water partition coefficient (Wildman–Crippen LogP) is 0.724. The molecule has 0 aliphatic carbocycles. The predicted molar refractivity (Wildman–Crippen MR) is 144 cm³/mol. The lowest BCUT2D eigenvalue weighted by Crippen LogP contribution is -2.39. The first kappa shape index (κ1) is 30.8. The summed E-state index contributed by atoms with van der Waals surface area (Å²) in [6.07, 6.45) is -2.86. The van der Waals surface area contributed by atoms with Gasteiger partial charge in [-0.1, -0.05) is 12.1 Å². The number of halogens is 2. The highest BCUT2D eigenvalue weighted by molar-refractivity contribution is 5.77. The van der Waals surface area contributed by atoms with Crippen LogP contribution in [0, 0.1) is 0 Å². The number of para-hydroxylation sites is 2. The van der Waals surface area contributed by atoms with E-state index in [0.29, 0.717) is 89.5 Å². The molecule has 226 valence electrons. The minimum absolute atomic E-state index is 0.0120. The first-order valence-electron chi connectivity index (χ1n) is 13.4. The van der Waals surface area contributed by atoms with Gasteiger partial charge < -0.3 is 38.7 Å². The van der Waals surface area contributed by atoms with Gasteiger partial charge >= 0.3 is 0 Å². The van der Waals surface area contributed by atoms with Crippen LogP contribution >= 0.6 is 0 Å². The number of alkyl halides is 2. The van der Waals surface area contributed by atoms with Crippen molar-refractivity contribution in [2.24, 2.45) is 5.90 Å². The molecule has 0 bridgehead atoms. The number of nitrogens with two attached hydrogens (primary N) is 1. The molecule has 1 aliphatic rings. The van der Waals surface area contributed by atoms with Crippen LogP contribution in [0.5, 0.6) is 0 Å². The van der Waals surface area contributed by atoms with Crippen LogP contribution in [0.25, 0.3) is 17.0 Å². The van der Waals surface area contributed by atoms with Crippen LogP contribution in [0.15, 0.2) is 24.3 Å². The maximum absolute atomic E-state index is 14.1. The second-order valence-electron chi connectivity index (χ2n) is 8.85. The normalized spacial score (nSPS) is 13.9. The standard InChI is InChI=1S/C25H36F2N8O6/c26-21(27)22-29-19-3-1-2-4-20(19)35(22)25-31-23(30-24(32-25)34-7-10-37-11-8-34)33(5-9-36)6-12-38-13-14-39-15-16-40-17-18-41-28/h1-4,21,36H,5-18,28H2. The zero-order valence-electron chi connectivity index (χ0n) is 22.7. The van der Waals surface area contributed by atoms with Crippen molar-refractivity contribution in [2.75, 3.05) is 102 Å². The number of ether oxygens (including phenoxy) is 4. The Kier molecular flexibility index (Phi) is 12.3. The number of anilines is 2. The Labute approximate surface area is 235 Å². The number of hydrogen-bond donors (Lipinski definition) is 2. The molecule has 3 aromatic rings. The van der Waals surface area contributed by atoms with E-state index in [9.17, 15) is 13.9 Å². The number of aliphatic hydroxyl groups is 1. The van der Waals surface area contributed by atoms with Crippen molar-refractivity contribution in [1.29, 1.82) is 0 Å². The number of imidazole rings is 1. The van der Waals surface area contributed by atoms with Crippen molar-refractivity contribution in [3.63, 3.8) is 0 Å². The Balaban J connectivity index is 1.50. The monoisotopic (exact) mass is 582 g/mol. The molecular formula is C25H36F2N8O6. The quantitative estimate of drug-likeness (QED) is 0.160. The van der Waals surface area contributed by atoms with Crippen molar-refractivity contribution >= 4 is 22.9 Å². The molecule has 0 amide bonds. The summed E-state index contributed by atoms with van der Waals surface area (Å²) in [4.78, 5) is 26.0. The molecule has 2 aromatic heterocycles. The summed E-state index contributed by atoms with van der Waals surface area (Å²) < 4.78 is 51.3. The molecular weight excluding hydrogens is 546 g/mol. The average Bonchev–Trinajstić information content (AvgIpc) is 3.40. The molecule has 0 saturated carbocycles. The number of benzene rings is 1. The lowest BCUT2D eigenvalue weighted by Gasteiger charge is -2.28. The Morgan fingerprint density at radius 3 is 2.22 bits per heavy atom. The molecule has 1 fully saturated rings. The van der Waals surface area contributed by atoms with Gasteiger partial charge in [-0.15, -0.1) is 0 Å². The minimum Gasteiger partial charge on any atom is -0.395 e. The molecule has 0 atom stereocenters. The van der Waals surface area contributed by atoms with E-state index in [1.54, 1.807) is 29.2 Å². The van der Waals surface area contributed by atoms with Gasteiger partial charge in [0.15, 0.2) is 5.82 Å². The van der Waals surface area contributed by atoms with E-state index < -0.39 is 12.2 Å². The molecule has 3 N–H and O–H groups in total. The molecule has 0 spiro atoms. The van der Waals surface area contributed by atoms with Gasteiger partial charge in [-0.25, -0.2) is 19.7 Å². The second kappa shape index (κ2) is 16.4. The zero-order chi connectivity index (χ0) is 28.9. The minimum atomic E-state index is -2.86. The summed E-state index contributed by atoms with van der Waals surface area (Å²) >= 11 is 0. The first-order valence-corrected chi connectivity index (χ1v) is 13.4. The fraction of sp³-hybridized carbons (Fsp3) is 0.600. The summed E-state index contributed by atoms with van der Waals surface area (Å²) in [6.45, 7) is 4.93. The Morgan fingerprint density at radius 1 is 0.878 bits per heavy atom. The van der Waals surface area contributed by atoms with Gasteiger partial charge in [-0.2, -0.15) is 15.0 Å². The lowest BCUT2D eigenvalue weighted by molar-refractivity contribution is -0.00136. The van der Waals surface area contributed by atoms with E-state index in [1.807, 2.05) is 4.90 Å². The van der Waals surface area contributed by atoms with Gasteiger partial charge in [-0.3, -0.25) is 4.57 Å². The van der Waals surface area contributed by atoms with Crippen LogP contribution < -0.4 is 15.7 Å². The van der Waals surface area contributed by atoms with Crippen LogP contribution in [0.3, 0.4) is 0 Å². The molecule has 16 heteroatoms. The van der Waals surface area contributed by atoms with Gasteiger partial charge in [0.25, 0.3) is 6.43 Å². The summed E-state index contributed by atoms with van der Waals surface area (Å²) in [5, 5.41) is 9.76. The van der Waals surface area contributed by atoms with Crippen LogP contribution in [-0.2, 0) is 23.8 Å². The van der Waals surface area contributed by atoms with Crippen molar-refractivity contribution in [3.05, 3.63) is 30.1 Å². The maximum Gasteiger partial charge on any atom is 0.296 e. The molecule has 1 aliphatic heterocycles. The van der Waals surface area contributed by atoms with Crippen LogP contribution in [0.2, 0.25) is 0 Å². The highest BCUT2D eigenvalue weighted by atomic mass is 19.3. The summed E-state index contributed by atoms with van der Waals surface area (Å²) in [7, 11) is 0. The van der Waals surface area contributed by atoms with E-state index in [2.05, 4.69) is 24.8 Å². The van der Waals surface area contributed by atoms with Crippen molar-refractivity contribution in [2.45, 2.75) is 6.43 Å². The average molecular weight is 583 g/mol. The van der Waals surface area contributed by atoms with Crippen LogP contribution in [-0.4, -0.2) is 122 Å². The van der Waals surface area contributed by atoms with Gasteiger partial charge in [0.2, 0.25) is 17.8 Å². The smallest absolute Gasteiger partial charge is 0.296 e. The summed E-state index contributed by atoms with van der Waals surface area (Å²) in [5.74, 6) is 5.02. The number of fused-ring (bicyclic) bond motifs is 1. The lowest BCUT2D eigenvalue weighted by atomic mass is 10.3. The third kappa shape index (κ3) is 8.68. The number of aromatic nitrogens is 5. The fourth-order valence-corrected chi connectivity index (χ4v) is 4.15. The van der Waals surface area contributed by atoms with Gasteiger partial charge in [0, 0.05) is 26.2 Å². The number of rotatable bonds is 18. The zero-order valence-corrected chi connectivity index (χ0v) is 22.7. The number of aliphatic hydroxyl groups excluding tert-OH is 1. The molecule has 3 heterocycles. The maximum atomic E-state index is 14.1. The van der Waals surface area contributed by atoms with Gasteiger partial charge in [0.05, 0.1) is 77.1 Å². The van der Waals surface area contributed by atoms with Crippen molar-refractivity contribution in [3.8, 4) is 5.95 Å². The number of morpholine rings is 1. The molecule has 41 heavy (non-hydrogen) atoms. The number of nitrogens with zero attached hydrogens (tertiary/aromatic N) is 7. The van der Waals surface area contributed by atoms with Crippen molar-refractivity contribution < 1.29 is 37.7 Å². The molecule has 14 nitrogen and oxygen atoms in total. The van der Waals surface area contributed by atoms with Gasteiger partial charge in [0.1, 0.15) is 0 Å². The van der Waals surface area contributed by atoms with E-state index >= 15 is 0 Å². The Hall–Kier alpha value is -3.12. The SMILES string of the molecule is NOCCOCCOCCOCCN(CCO)c1nc(N2CCOCC2)nc(-n2c(C(F)F)nc3ccccc32)n1. The first-order chi connectivity index (χ1) is 20.1. The highest BCUT2D eigenvalue weighted by Gasteiger charge is 2.25. The van der Waals surface area contributed by atoms with Crippen LogP contribution in [0.1, 0.15) is 12.2 Å². The largest absolute Gasteiger partial charge is 0.395 e. The summed E-state index contributed by atoms with van der Waals surface area (Å²) in [5.41, 5.74) is 0.847. The summed E-state index contributed by atoms with van der Waals surface area (Å²) in [6, 6.07) is 6.82. The molecule has 0 radical (unpaired) electrons. The third-order valence-electron chi connectivity index (χ3n) is 6.12. The van der Waals surface area contributed by atoms with Crippen molar-refractivity contribution in [1.82, 2.24) is 24.5 Å². The van der Waals surface area contributed by atoms with Crippen LogP contribution in [0.4, 0.5) is 20.7 Å². The topological polar surface area (TPSA) is 155 Å². The van der Waals surface area contributed by atoms with Gasteiger partial charge in [-0.05, 0) is 12.1 Å². The van der Waals surface area contributed by atoms with E-state index in [1.165, 1.54) is 4.57 Å². The fourth-order valence-electron chi connectivity index (χ4n) is 4.15. The molecule has 1 aromatic carbocycles. The van der Waals surface area contributed by atoms with E-state index in [-0.39, 0.29) is 31.7 Å².